The summed E-state index contributed by atoms with van der Waals surface area (Å²) in [6.45, 7) is 15.7. The third kappa shape index (κ3) is 9.21. The van der Waals surface area contributed by atoms with Crippen LogP contribution in [0.4, 0.5) is 4.79 Å². The van der Waals surface area contributed by atoms with Crippen LogP contribution in [0, 0.1) is 35.5 Å². The molecule has 12 nitrogen and oxygen atoms in total. The van der Waals surface area contributed by atoms with E-state index in [1.165, 1.54) is 0 Å². The van der Waals surface area contributed by atoms with Crippen LogP contribution < -0.4 is 0 Å². The number of nitrogens with zero attached hydrogens (tertiary/aromatic N) is 3. The Labute approximate surface area is 354 Å². The van der Waals surface area contributed by atoms with E-state index in [-0.39, 0.29) is 30.6 Å². The number of benzene rings is 2. The number of cyclic esters (lactones) is 1. The smallest absolute Gasteiger partial charge is 0.410 e. The van der Waals surface area contributed by atoms with Gasteiger partial charge in [-0.15, -0.1) is 0 Å². The Bertz CT molecular complexity index is 1980. The van der Waals surface area contributed by atoms with Crippen molar-refractivity contribution in [2.24, 2.45) is 28.7 Å². The fraction of sp³-hybridized carbons (Fsp3) is 0.652. The fourth-order valence-corrected chi connectivity index (χ4v) is 10.2. The molecular weight excluding hydrogens is 774 g/mol. The van der Waals surface area contributed by atoms with Crippen molar-refractivity contribution in [1.82, 2.24) is 9.80 Å². The molecule has 3 fully saturated rings. The summed E-state index contributed by atoms with van der Waals surface area (Å²) in [6, 6.07) is 10.8. The highest BCUT2D eigenvalue weighted by molar-refractivity contribution is 6.31. The van der Waals surface area contributed by atoms with Crippen LogP contribution in [-0.2, 0) is 33.3 Å². The second kappa shape index (κ2) is 18.2. The number of ketones is 1. The van der Waals surface area contributed by atoms with Gasteiger partial charge in [-0.25, -0.2) is 4.79 Å². The summed E-state index contributed by atoms with van der Waals surface area (Å²) in [5.41, 5.74) is -0.795. The van der Waals surface area contributed by atoms with Gasteiger partial charge >= 0.3 is 12.1 Å². The third-order valence-corrected chi connectivity index (χ3v) is 13.3. The molecule has 59 heavy (non-hydrogen) atoms. The molecule has 1 amide bonds. The first kappa shape index (κ1) is 45.0. The summed E-state index contributed by atoms with van der Waals surface area (Å²) in [7, 11) is 3.80. The van der Waals surface area contributed by atoms with E-state index in [0.29, 0.717) is 43.8 Å². The van der Waals surface area contributed by atoms with Crippen LogP contribution in [0.5, 0.6) is 0 Å². The summed E-state index contributed by atoms with van der Waals surface area (Å²) < 4.78 is 32.5. The second-order valence-electron chi connectivity index (χ2n) is 17.8. The lowest BCUT2D eigenvalue weighted by molar-refractivity contribution is -0.296. The van der Waals surface area contributed by atoms with Crippen LogP contribution in [0.25, 0.3) is 10.8 Å². The second-order valence-corrected chi connectivity index (χ2v) is 18.2. The highest BCUT2D eigenvalue weighted by Crippen LogP contribution is 2.44. The fourth-order valence-electron chi connectivity index (χ4n) is 10.00. The number of hydrogen-bond donors (Lipinski definition) is 1. The standard InChI is InChI=1S/C46H62ClN3O9/c1-11-13-36-46(8)40-28(4)37(48-19-20-50(40)44(54)59-46)26(2)25-45(7,55-21-12-14-31-15-16-33-24-34(47)18-17-32(33)23-31)41(29(5)38(51)30(6)42(53)57-36)58-43-39(52)35(49(9)10)22-27(3)56-43/h15-18,23-24,26-30,35-36,39-41,43,52H,11,13,19-22,25H2,1-10H3/t26-,27+,28+,29+,30-,35-,36-,39?,40-,41-,43-,45+,46-/m1/s1. The van der Waals surface area contributed by atoms with E-state index in [4.69, 9.17) is 40.3 Å². The molecule has 0 radical (unpaired) electrons. The van der Waals surface area contributed by atoms with Crippen LogP contribution in [0.3, 0.4) is 0 Å². The maximum atomic E-state index is 14.7. The number of halogens is 1. The van der Waals surface area contributed by atoms with Gasteiger partial charge in [0.15, 0.2) is 17.7 Å². The first-order valence-corrected chi connectivity index (χ1v) is 21.5. The molecule has 13 atom stereocenters. The minimum absolute atomic E-state index is 0.0252. The van der Waals surface area contributed by atoms with E-state index in [1.807, 2.05) is 90.0 Å². The molecule has 3 saturated heterocycles. The largest absolute Gasteiger partial charge is 0.457 e. The average molecular weight is 836 g/mol. The van der Waals surface area contributed by atoms with Gasteiger partial charge in [-0.2, -0.15) is 0 Å². The summed E-state index contributed by atoms with van der Waals surface area (Å²) >= 11 is 6.21. The van der Waals surface area contributed by atoms with Gasteiger partial charge in [0.1, 0.15) is 24.7 Å². The first-order chi connectivity index (χ1) is 27.9. The van der Waals surface area contributed by atoms with E-state index >= 15 is 0 Å². The lowest BCUT2D eigenvalue weighted by Crippen LogP contribution is -2.60. The molecule has 4 aliphatic heterocycles. The lowest BCUT2D eigenvalue weighted by Gasteiger charge is -2.47. The van der Waals surface area contributed by atoms with Crippen LogP contribution in [0.15, 0.2) is 41.4 Å². The first-order valence-electron chi connectivity index (χ1n) is 21.1. The number of ether oxygens (including phenoxy) is 5. The maximum Gasteiger partial charge on any atom is 0.410 e. The molecule has 4 aliphatic rings. The topological polar surface area (TPSA) is 136 Å². The Hall–Kier alpha value is -3.57. The minimum atomic E-state index is -1.25. The minimum Gasteiger partial charge on any atom is -0.457 e. The predicted octanol–water partition coefficient (Wildman–Crippen LogP) is 6.69. The van der Waals surface area contributed by atoms with Gasteiger partial charge in [0.05, 0.1) is 30.4 Å². The molecule has 6 rings (SSSR count). The van der Waals surface area contributed by atoms with Crippen molar-refractivity contribution in [3.05, 3.63) is 47.0 Å². The normalized spacial score (nSPS) is 36.9. The summed E-state index contributed by atoms with van der Waals surface area (Å²) in [5.74, 6) is 2.61. The van der Waals surface area contributed by atoms with Gasteiger partial charge in [0, 0.05) is 40.7 Å². The van der Waals surface area contributed by atoms with E-state index in [9.17, 15) is 19.5 Å². The molecule has 2 bridgehead atoms. The number of fused-ring (bicyclic) bond motifs is 2. The molecule has 13 heteroatoms. The molecule has 0 aromatic heterocycles. The summed E-state index contributed by atoms with van der Waals surface area (Å²) in [6.07, 6.45) is -2.73. The van der Waals surface area contributed by atoms with Gasteiger partial charge in [0.25, 0.3) is 0 Å². The van der Waals surface area contributed by atoms with Crippen molar-refractivity contribution < 1.29 is 43.2 Å². The molecular formula is C46H62ClN3O9. The van der Waals surface area contributed by atoms with Crippen LogP contribution in [0.2, 0.25) is 5.02 Å². The van der Waals surface area contributed by atoms with Crippen molar-refractivity contribution >= 4 is 45.9 Å². The highest BCUT2D eigenvalue weighted by Gasteiger charge is 2.60. The summed E-state index contributed by atoms with van der Waals surface area (Å²) in [5, 5.41) is 14.4. The Morgan fingerprint density at radius 3 is 2.46 bits per heavy atom. The number of aliphatic hydroxyl groups excluding tert-OH is 1. The molecule has 322 valence electrons. The van der Waals surface area contributed by atoms with E-state index in [1.54, 1.807) is 18.7 Å². The molecule has 0 saturated carbocycles. The van der Waals surface area contributed by atoms with Crippen LogP contribution in [0.1, 0.15) is 86.6 Å². The number of rotatable bonds is 7. The van der Waals surface area contributed by atoms with Gasteiger partial charge in [-0.3, -0.25) is 19.5 Å². The molecule has 4 heterocycles. The van der Waals surface area contributed by atoms with Crippen molar-refractivity contribution in [2.45, 2.75) is 135 Å². The molecule has 2 aromatic carbocycles. The van der Waals surface area contributed by atoms with Crippen molar-refractivity contribution in [2.75, 3.05) is 33.8 Å². The lowest BCUT2D eigenvalue weighted by atomic mass is 9.73. The quantitative estimate of drug-likeness (QED) is 0.183. The monoisotopic (exact) mass is 835 g/mol. The van der Waals surface area contributed by atoms with Crippen LogP contribution in [-0.4, -0.2) is 126 Å². The van der Waals surface area contributed by atoms with E-state index < -0.39 is 71.5 Å². The zero-order valence-electron chi connectivity index (χ0n) is 36.2. The van der Waals surface area contributed by atoms with E-state index in [2.05, 4.69) is 18.8 Å². The molecule has 0 spiro atoms. The Kier molecular flexibility index (Phi) is 13.9. The van der Waals surface area contributed by atoms with Crippen molar-refractivity contribution in [3.8, 4) is 11.8 Å². The predicted molar refractivity (Wildman–Crippen MR) is 226 cm³/mol. The highest BCUT2D eigenvalue weighted by atomic mass is 35.5. The zero-order chi connectivity index (χ0) is 43.0. The number of aliphatic imine (C=N–C) groups is 1. The van der Waals surface area contributed by atoms with E-state index in [0.717, 1.165) is 22.0 Å². The number of Topliss-reactive ketones (excluding diaryl/α,β-unsaturated/α-hetero) is 1. The molecule has 1 N–H and O–H groups in total. The number of hydrogen-bond acceptors (Lipinski definition) is 11. The Morgan fingerprint density at radius 2 is 1.75 bits per heavy atom. The average Bonchev–Trinajstić information content (AvgIpc) is 3.31. The number of carbonyl (C=O) groups is 3. The number of likely N-dealkylation sites (N-methyl/N-ethyl adjacent to an activating group) is 1. The zero-order valence-corrected chi connectivity index (χ0v) is 37.0. The molecule has 1 unspecified atom stereocenters. The number of esters is 1. The number of carbonyl (C=O) groups excluding carboxylic acids is 3. The molecule has 0 aliphatic carbocycles. The van der Waals surface area contributed by atoms with Gasteiger partial charge < -0.3 is 33.7 Å². The van der Waals surface area contributed by atoms with Crippen molar-refractivity contribution in [1.29, 1.82) is 0 Å². The Morgan fingerprint density at radius 1 is 1.03 bits per heavy atom. The number of aliphatic hydroxyl groups is 1. The maximum absolute atomic E-state index is 14.7. The SMILES string of the molecule is CCC[C@H]1OC(=O)[C@H](C)C(=O)[C@H](C)[C@@H](O[C@H]2O[C@@H](C)C[C@@H](N(C)C)C2O)[C@@](C)(OCC#Cc2ccc3cc(Cl)ccc3c2)C[C@@H](C)C2=NCCN3C(=O)O[C@@]1(C)[C@H]3[C@H]2C. The van der Waals surface area contributed by atoms with Crippen molar-refractivity contribution in [3.63, 3.8) is 0 Å². The Balaban J connectivity index is 1.43. The molecule has 2 aromatic rings. The van der Waals surface area contributed by atoms with Gasteiger partial charge in [0.2, 0.25) is 0 Å². The van der Waals surface area contributed by atoms with Crippen LogP contribution >= 0.6 is 11.6 Å². The van der Waals surface area contributed by atoms with Gasteiger partial charge in [-0.1, -0.05) is 69.7 Å². The third-order valence-electron chi connectivity index (χ3n) is 13.1. The summed E-state index contributed by atoms with van der Waals surface area (Å²) in [4.78, 5) is 51.1. The van der Waals surface area contributed by atoms with Gasteiger partial charge in [-0.05, 0) is 102 Å². The number of amides is 1.